The summed E-state index contributed by atoms with van der Waals surface area (Å²) >= 11 is 0.755. The lowest BCUT2D eigenvalue weighted by Crippen LogP contribution is -2.50. The Morgan fingerprint density at radius 3 is 2.58 bits per heavy atom. The Balaban J connectivity index is 1.97. The number of fused-ring (bicyclic) bond motifs is 1. The number of nitrogens with two attached hydrogens (primary N) is 2. The first kappa shape index (κ1) is 26.7. The molecule has 0 fully saturated rings. The van der Waals surface area contributed by atoms with E-state index in [1.54, 1.807) is 30.5 Å². The summed E-state index contributed by atoms with van der Waals surface area (Å²) in [6.45, 7) is 5.79. The van der Waals surface area contributed by atoms with Crippen LogP contribution in [0.1, 0.15) is 59.0 Å². The summed E-state index contributed by atoms with van der Waals surface area (Å²) in [7, 11) is 1.51. The Morgan fingerprint density at radius 1 is 1.18 bits per heavy atom. The molecule has 0 saturated carbocycles. The number of aromatic nitrogens is 2. The number of nitrogens with one attached hydrogen (secondary N) is 2. The lowest BCUT2D eigenvalue weighted by Gasteiger charge is -2.34. The summed E-state index contributed by atoms with van der Waals surface area (Å²) < 4.78 is 9.41. The molecule has 0 aliphatic heterocycles. The second kappa shape index (κ2) is 10.5. The van der Waals surface area contributed by atoms with Crippen molar-refractivity contribution in [2.75, 3.05) is 17.7 Å². The number of hydrogen-bond donors (Lipinski definition) is 4. The summed E-state index contributed by atoms with van der Waals surface area (Å²) in [6.07, 6.45) is 2.38. The number of methoxy groups -OCH3 is 1. The van der Waals surface area contributed by atoms with E-state index in [0.717, 1.165) is 22.4 Å². The number of aromatic amines is 1. The van der Waals surface area contributed by atoms with Crippen LogP contribution in [0.3, 0.4) is 0 Å². The molecule has 2 aromatic carbocycles. The van der Waals surface area contributed by atoms with Crippen molar-refractivity contribution in [1.82, 2.24) is 14.7 Å². The first-order chi connectivity index (χ1) is 18.1. The highest BCUT2D eigenvalue weighted by Crippen LogP contribution is 2.37. The van der Waals surface area contributed by atoms with Crippen LogP contribution in [0.5, 0.6) is 5.75 Å². The lowest BCUT2D eigenvalue weighted by atomic mass is 9.97. The van der Waals surface area contributed by atoms with E-state index >= 15 is 0 Å². The molecule has 6 N–H and O–H groups in total. The van der Waals surface area contributed by atoms with Gasteiger partial charge in [-0.1, -0.05) is 31.2 Å². The second-order valence-electron chi connectivity index (χ2n) is 9.43. The quantitative estimate of drug-likeness (QED) is 0.254. The Kier molecular flexibility index (Phi) is 7.40. The number of H-pyrrole nitrogens is 1. The molecule has 198 valence electrons. The van der Waals surface area contributed by atoms with Gasteiger partial charge >= 0.3 is 0 Å². The van der Waals surface area contributed by atoms with E-state index < -0.39 is 29.3 Å². The highest BCUT2D eigenvalue weighted by molar-refractivity contribution is 7.09. The van der Waals surface area contributed by atoms with Crippen LogP contribution in [-0.4, -0.2) is 39.7 Å². The molecule has 4 rings (SSSR count). The van der Waals surface area contributed by atoms with Gasteiger partial charge in [0.1, 0.15) is 16.7 Å². The molecule has 0 unspecified atom stereocenters. The van der Waals surface area contributed by atoms with Crippen LogP contribution in [-0.2, 0) is 4.79 Å². The maximum atomic E-state index is 14.2. The minimum Gasteiger partial charge on any atom is -0.497 e. The predicted octanol–water partition coefficient (Wildman–Crippen LogP) is 4.01. The van der Waals surface area contributed by atoms with Crippen LogP contribution in [0.15, 0.2) is 54.7 Å². The number of para-hydroxylation sites is 1. The zero-order valence-corrected chi connectivity index (χ0v) is 22.4. The SMILES string of the molecule is CCC(C)(C)NC(=O)[C@@H](c1c[nH]c2ccccc12)N(C(=O)c1snc(C(N)=O)c1N)c1cccc(OC)c1. The average molecular weight is 535 g/mol. The number of nitrogens with zero attached hydrogens (tertiary/aromatic N) is 2. The number of ether oxygens (including phenoxy) is 1. The van der Waals surface area contributed by atoms with Crippen molar-refractivity contribution in [2.24, 2.45) is 5.73 Å². The van der Waals surface area contributed by atoms with Crippen molar-refractivity contribution in [3.63, 3.8) is 0 Å². The monoisotopic (exact) mass is 534 g/mol. The van der Waals surface area contributed by atoms with Gasteiger partial charge in [0.2, 0.25) is 5.91 Å². The van der Waals surface area contributed by atoms with Gasteiger partial charge in [-0.15, -0.1) is 0 Å². The van der Waals surface area contributed by atoms with Crippen molar-refractivity contribution in [2.45, 2.75) is 38.8 Å². The molecule has 3 amide bonds. The van der Waals surface area contributed by atoms with E-state index in [2.05, 4.69) is 14.7 Å². The van der Waals surface area contributed by atoms with Crippen molar-refractivity contribution >= 4 is 51.5 Å². The Labute approximate surface area is 224 Å². The lowest BCUT2D eigenvalue weighted by molar-refractivity contribution is -0.124. The maximum absolute atomic E-state index is 14.2. The number of anilines is 2. The number of hydrogen-bond acceptors (Lipinski definition) is 7. The number of carbonyl (C=O) groups is 3. The van der Waals surface area contributed by atoms with Crippen molar-refractivity contribution in [1.29, 1.82) is 0 Å². The minimum atomic E-state index is -1.12. The van der Waals surface area contributed by atoms with Gasteiger partial charge in [-0.05, 0) is 50.0 Å². The normalized spacial score (nSPS) is 12.2. The third-order valence-corrected chi connectivity index (χ3v) is 7.32. The molecular weight excluding hydrogens is 504 g/mol. The molecule has 1 atom stereocenters. The molecule has 0 radical (unpaired) electrons. The van der Waals surface area contributed by atoms with Gasteiger partial charge in [-0.25, -0.2) is 0 Å². The molecule has 2 heterocycles. The van der Waals surface area contributed by atoms with Crippen LogP contribution in [0.2, 0.25) is 0 Å². The molecule has 38 heavy (non-hydrogen) atoms. The van der Waals surface area contributed by atoms with Crippen LogP contribution in [0.25, 0.3) is 10.9 Å². The second-order valence-corrected chi connectivity index (χ2v) is 10.2. The van der Waals surface area contributed by atoms with Crippen LogP contribution >= 0.6 is 11.5 Å². The molecule has 0 aliphatic carbocycles. The number of rotatable bonds is 9. The number of benzene rings is 2. The van der Waals surface area contributed by atoms with Gasteiger partial charge in [0, 0.05) is 40.0 Å². The average Bonchev–Trinajstić information content (AvgIpc) is 3.50. The van der Waals surface area contributed by atoms with Gasteiger partial charge < -0.3 is 26.5 Å². The molecule has 10 nitrogen and oxygen atoms in total. The summed E-state index contributed by atoms with van der Waals surface area (Å²) in [4.78, 5) is 44.7. The number of carbonyl (C=O) groups excluding carboxylic acids is 3. The third-order valence-electron chi connectivity index (χ3n) is 6.47. The smallest absolute Gasteiger partial charge is 0.273 e. The summed E-state index contributed by atoms with van der Waals surface area (Å²) in [5, 5.41) is 3.86. The Morgan fingerprint density at radius 2 is 1.92 bits per heavy atom. The highest BCUT2D eigenvalue weighted by atomic mass is 32.1. The fourth-order valence-corrected chi connectivity index (χ4v) is 4.83. The van der Waals surface area contributed by atoms with E-state index in [4.69, 9.17) is 16.2 Å². The fraction of sp³-hybridized carbons (Fsp3) is 0.259. The fourth-order valence-electron chi connectivity index (χ4n) is 4.09. The number of amides is 3. The summed E-state index contributed by atoms with van der Waals surface area (Å²) in [6, 6.07) is 13.2. The largest absolute Gasteiger partial charge is 0.497 e. The van der Waals surface area contributed by atoms with Crippen molar-refractivity contribution in [3.05, 3.63) is 70.9 Å². The van der Waals surface area contributed by atoms with E-state index in [0.29, 0.717) is 23.4 Å². The zero-order chi connectivity index (χ0) is 27.6. The summed E-state index contributed by atoms with van der Waals surface area (Å²) in [5.74, 6) is -1.36. The predicted molar refractivity (Wildman–Crippen MR) is 148 cm³/mol. The topological polar surface area (TPSA) is 156 Å². The van der Waals surface area contributed by atoms with Crippen molar-refractivity contribution in [3.8, 4) is 5.75 Å². The highest BCUT2D eigenvalue weighted by Gasteiger charge is 2.38. The van der Waals surface area contributed by atoms with Gasteiger partial charge in [0.25, 0.3) is 11.8 Å². The molecule has 4 aromatic rings. The van der Waals surface area contributed by atoms with Gasteiger partial charge in [0.15, 0.2) is 5.69 Å². The third kappa shape index (κ3) is 5.05. The standard InChI is InChI=1S/C27H30N6O4S/c1-5-27(2,3)31-25(35)22(18-14-30-19-12-7-6-11-17(18)19)33(15-9-8-10-16(13-15)37-4)26(36)23-20(28)21(24(29)34)32-38-23/h6-14,22,30H,5,28H2,1-4H3,(H2,29,34)(H,31,35)/t22-/m1/s1. The van der Waals surface area contributed by atoms with Gasteiger partial charge in [-0.3, -0.25) is 19.3 Å². The molecule has 11 heteroatoms. The number of nitrogen functional groups attached to an aromatic ring is 1. The van der Waals surface area contributed by atoms with Crippen LogP contribution < -0.4 is 26.4 Å². The van der Waals surface area contributed by atoms with Crippen LogP contribution in [0.4, 0.5) is 11.4 Å². The van der Waals surface area contributed by atoms with E-state index in [1.807, 2.05) is 45.0 Å². The Hall–Kier alpha value is -4.38. The molecule has 0 bridgehead atoms. The first-order valence-electron chi connectivity index (χ1n) is 12.0. The maximum Gasteiger partial charge on any atom is 0.273 e. The molecule has 0 spiro atoms. The molecule has 0 aliphatic rings. The van der Waals surface area contributed by atoms with E-state index in [9.17, 15) is 14.4 Å². The van der Waals surface area contributed by atoms with Crippen molar-refractivity contribution < 1.29 is 19.1 Å². The van der Waals surface area contributed by atoms with Crippen LogP contribution in [0, 0.1) is 0 Å². The molecule has 0 saturated heterocycles. The molecule has 2 aromatic heterocycles. The Bertz CT molecular complexity index is 1510. The van der Waals surface area contributed by atoms with E-state index in [-0.39, 0.29) is 16.3 Å². The van der Waals surface area contributed by atoms with Gasteiger partial charge in [0.05, 0.1) is 12.8 Å². The van der Waals surface area contributed by atoms with Gasteiger partial charge in [-0.2, -0.15) is 4.37 Å². The van der Waals surface area contributed by atoms with E-state index in [1.165, 1.54) is 12.0 Å². The molecular formula is C27H30N6O4S. The number of primary amides is 1. The minimum absolute atomic E-state index is 0.00554. The summed E-state index contributed by atoms with van der Waals surface area (Å²) in [5.41, 5.74) is 12.5. The first-order valence-corrected chi connectivity index (χ1v) is 12.8. The zero-order valence-electron chi connectivity index (χ0n) is 21.6.